The molecule has 0 aromatic heterocycles. The van der Waals surface area contributed by atoms with Crippen molar-refractivity contribution in [3.63, 3.8) is 0 Å². The van der Waals surface area contributed by atoms with E-state index in [1.807, 2.05) is 91.0 Å². The minimum absolute atomic E-state index is 0.0752. The first-order chi connectivity index (χ1) is 27.4. The van der Waals surface area contributed by atoms with Crippen molar-refractivity contribution in [2.24, 2.45) is 5.10 Å². The Morgan fingerprint density at radius 1 is 0.875 bits per heavy atom. The number of carbonyl (C=O) groups excluding carboxylic acids is 4. The maximum atomic E-state index is 13.8. The van der Waals surface area contributed by atoms with Crippen LogP contribution in [0.15, 0.2) is 108 Å². The van der Waals surface area contributed by atoms with E-state index in [-0.39, 0.29) is 49.7 Å². The van der Waals surface area contributed by atoms with Gasteiger partial charge in [0, 0.05) is 43.9 Å². The van der Waals surface area contributed by atoms with E-state index >= 15 is 0 Å². The molecule has 0 spiro atoms. The number of esters is 1. The Labute approximate surface area is 327 Å². The molecule has 4 aromatic carbocycles. The van der Waals surface area contributed by atoms with Crippen molar-refractivity contribution in [2.75, 3.05) is 20.3 Å². The first-order valence-electron chi connectivity index (χ1n) is 19.1. The highest BCUT2D eigenvalue weighted by molar-refractivity contribution is 6.08. The second-order valence-corrected chi connectivity index (χ2v) is 13.6. The number of hydrazone groups is 1. The molecule has 0 saturated heterocycles. The number of allylic oxidation sites excluding steroid dienone is 2. The normalized spacial score (nSPS) is 17.1. The van der Waals surface area contributed by atoms with Gasteiger partial charge in [-0.3, -0.25) is 24.4 Å². The highest BCUT2D eigenvalue weighted by atomic mass is 16.5. The maximum absolute atomic E-state index is 13.8. The monoisotopic (exact) mass is 762 g/mol. The van der Waals surface area contributed by atoms with Crippen molar-refractivity contribution in [1.82, 2.24) is 15.8 Å². The van der Waals surface area contributed by atoms with Gasteiger partial charge in [0.1, 0.15) is 11.9 Å². The summed E-state index contributed by atoms with van der Waals surface area (Å²) in [5, 5.41) is 14.4. The summed E-state index contributed by atoms with van der Waals surface area (Å²) in [7, 11) is 1.57. The number of ether oxygens (including phenoxy) is 3. The van der Waals surface area contributed by atoms with Crippen LogP contribution >= 0.6 is 0 Å². The SMILES string of the molecule is COC[C@H]1[C@H](c2ccccc2)OC(=O)CC/C=C/CCC(=O)N1Cc1ccc(/C=N/NC(=O)c2ccc(OCCCCCCC(=O)NO)c3ccccc23)cc1. The number of unbranched alkanes of at least 4 members (excludes halogenated alkanes) is 3. The molecule has 294 valence electrons. The second-order valence-electron chi connectivity index (χ2n) is 13.6. The van der Waals surface area contributed by atoms with Gasteiger partial charge in [0.2, 0.25) is 11.8 Å². The minimum Gasteiger partial charge on any atom is -0.493 e. The number of fused-ring (bicyclic) bond motifs is 1. The zero-order valence-electron chi connectivity index (χ0n) is 31.7. The molecule has 0 aliphatic carbocycles. The molecule has 0 fully saturated rings. The van der Waals surface area contributed by atoms with Gasteiger partial charge < -0.3 is 19.1 Å². The zero-order valence-corrected chi connectivity index (χ0v) is 31.7. The van der Waals surface area contributed by atoms with Crippen LogP contribution in [0, 0.1) is 0 Å². The average molecular weight is 763 g/mol. The third-order valence-electron chi connectivity index (χ3n) is 9.52. The van der Waals surface area contributed by atoms with E-state index < -0.39 is 12.1 Å². The predicted octanol–water partition coefficient (Wildman–Crippen LogP) is 7.20. The summed E-state index contributed by atoms with van der Waals surface area (Å²) in [6.45, 7) is 0.929. The molecule has 0 radical (unpaired) electrons. The van der Waals surface area contributed by atoms with Crippen LogP contribution in [0.1, 0.15) is 90.9 Å². The van der Waals surface area contributed by atoms with Crippen molar-refractivity contribution in [3.8, 4) is 5.75 Å². The van der Waals surface area contributed by atoms with Crippen LogP contribution in [-0.2, 0) is 30.4 Å². The number of nitrogens with one attached hydrogen (secondary N) is 2. The summed E-state index contributed by atoms with van der Waals surface area (Å²) in [5.41, 5.74) is 7.13. The van der Waals surface area contributed by atoms with Crippen LogP contribution in [-0.4, -0.2) is 66.4 Å². The van der Waals surface area contributed by atoms with Crippen molar-refractivity contribution >= 4 is 40.7 Å². The van der Waals surface area contributed by atoms with E-state index in [0.717, 1.165) is 46.7 Å². The molecule has 56 heavy (non-hydrogen) atoms. The Balaban J connectivity index is 1.23. The van der Waals surface area contributed by atoms with Crippen LogP contribution in [0.2, 0.25) is 0 Å². The minimum atomic E-state index is -0.719. The van der Waals surface area contributed by atoms with Gasteiger partial charge in [0.25, 0.3) is 5.91 Å². The maximum Gasteiger partial charge on any atom is 0.306 e. The van der Waals surface area contributed by atoms with Crippen molar-refractivity contribution in [1.29, 1.82) is 0 Å². The number of hydrogen-bond donors (Lipinski definition) is 3. The third kappa shape index (κ3) is 12.1. The number of hydroxylamine groups is 1. The quantitative estimate of drug-likeness (QED) is 0.0271. The number of rotatable bonds is 16. The van der Waals surface area contributed by atoms with Crippen LogP contribution in [0.25, 0.3) is 10.8 Å². The van der Waals surface area contributed by atoms with Gasteiger partial charge in [-0.15, -0.1) is 0 Å². The molecule has 12 nitrogen and oxygen atoms in total. The lowest BCUT2D eigenvalue weighted by molar-refractivity contribution is -0.159. The van der Waals surface area contributed by atoms with Gasteiger partial charge in [-0.2, -0.15) is 5.10 Å². The molecular formula is C44H50N4O8. The summed E-state index contributed by atoms with van der Waals surface area (Å²) >= 11 is 0. The van der Waals surface area contributed by atoms with E-state index in [1.54, 1.807) is 35.8 Å². The van der Waals surface area contributed by atoms with Crippen molar-refractivity contribution in [2.45, 2.75) is 76.5 Å². The van der Waals surface area contributed by atoms with Crippen molar-refractivity contribution < 1.29 is 38.6 Å². The van der Waals surface area contributed by atoms with E-state index in [1.165, 1.54) is 0 Å². The first kappa shape index (κ1) is 41.3. The second kappa shape index (κ2) is 21.9. The van der Waals surface area contributed by atoms with Crippen LogP contribution in [0.4, 0.5) is 0 Å². The number of cyclic esters (lactones) is 1. The molecule has 3 N–H and O–H groups in total. The Bertz CT molecular complexity index is 1970. The number of nitrogens with zero attached hydrogens (tertiary/aromatic N) is 2. The fourth-order valence-corrected chi connectivity index (χ4v) is 6.61. The Kier molecular flexibility index (Phi) is 16.2. The molecule has 4 aromatic rings. The highest BCUT2D eigenvalue weighted by Gasteiger charge is 2.35. The molecule has 1 aliphatic rings. The van der Waals surface area contributed by atoms with Crippen LogP contribution < -0.4 is 15.6 Å². The molecular weight excluding hydrogens is 713 g/mol. The first-order valence-corrected chi connectivity index (χ1v) is 19.1. The van der Waals surface area contributed by atoms with Gasteiger partial charge in [0.05, 0.1) is 25.5 Å². The van der Waals surface area contributed by atoms with Gasteiger partial charge in [-0.25, -0.2) is 10.9 Å². The zero-order chi connectivity index (χ0) is 39.5. The fourth-order valence-electron chi connectivity index (χ4n) is 6.61. The van der Waals surface area contributed by atoms with Crippen LogP contribution in [0.3, 0.4) is 0 Å². The molecule has 0 bridgehead atoms. The molecule has 5 rings (SSSR count). The summed E-state index contributed by atoms with van der Waals surface area (Å²) in [4.78, 5) is 52.9. The predicted molar refractivity (Wildman–Crippen MR) is 213 cm³/mol. The summed E-state index contributed by atoms with van der Waals surface area (Å²) in [5.74, 6) is -0.483. The summed E-state index contributed by atoms with van der Waals surface area (Å²) in [6, 6.07) is 27.5. The van der Waals surface area contributed by atoms with Gasteiger partial charge in [-0.1, -0.05) is 104 Å². The lowest BCUT2D eigenvalue weighted by Gasteiger charge is -2.37. The average Bonchev–Trinajstić information content (AvgIpc) is 3.22. The molecule has 12 heteroatoms. The van der Waals surface area contributed by atoms with Gasteiger partial charge in [0.15, 0.2) is 0 Å². The third-order valence-corrected chi connectivity index (χ3v) is 9.52. The molecule has 2 atom stereocenters. The van der Waals surface area contributed by atoms with Gasteiger partial charge in [-0.05, 0) is 59.9 Å². The molecule has 1 aliphatic heterocycles. The van der Waals surface area contributed by atoms with Crippen molar-refractivity contribution in [3.05, 3.63) is 125 Å². The van der Waals surface area contributed by atoms with E-state index in [9.17, 15) is 19.2 Å². The lowest BCUT2D eigenvalue weighted by Crippen LogP contribution is -2.47. The smallest absolute Gasteiger partial charge is 0.306 e. The largest absolute Gasteiger partial charge is 0.493 e. The Hall–Kier alpha value is -5.85. The summed E-state index contributed by atoms with van der Waals surface area (Å²) < 4.78 is 17.7. The van der Waals surface area contributed by atoms with Gasteiger partial charge >= 0.3 is 5.97 Å². The Morgan fingerprint density at radius 2 is 1.59 bits per heavy atom. The molecule has 3 amide bonds. The highest BCUT2D eigenvalue weighted by Crippen LogP contribution is 2.30. The topological polar surface area (TPSA) is 156 Å². The van der Waals surface area contributed by atoms with E-state index in [4.69, 9.17) is 19.4 Å². The summed E-state index contributed by atoms with van der Waals surface area (Å²) in [6.07, 6.45) is 9.88. The fraction of sp³-hybridized carbons (Fsp3) is 0.341. The standard InChI is InChI=1S/C44H50N4O8/c1-54-31-38-43(34-15-7-6-8-16-34)56-42(51)21-11-3-2-10-20-41(50)48(38)30-33-24-22-32(23-25-33)29-45-46-44(52)37-26-27-39(36-18-13-12-17-35(36)37)55-28-14-5-4-9-19-40(49)47-53/h2-3,6-8,12-13,15-18,22-27,29,38,43,53H,4-5,9-11,14,19-21,28,30-31H2,1H3,(H,46,52)(H,47,49)/b3-2+,45-29+/t38-,43-/m0/s1. The van der Waals surface area contributed by atoms with E-state index in [0.29, 0.717) is 43.6 Å². The van der Waals surface area contributed by atoms with E-state index in [2.05, 4.69) is 10.5 Å². The Morgan fingerprint density at radius 3 is 2.34 bits per heavy atom. The molecule has 0 saturated carbocycles. The molecule has 0 unspecified atom stereocenters. The molecule has 1 heterocycles. The number of methoxy groups -OCH3 is 1. The number of benzene rings is 4. The lowest BCUT2D eigenvalue weighted by atomic mass is 9.99. The number of hydrogen-bond acceptors (Lipinski definition) is 9. The number of amides is 3. The number of carbonyl (C=O) groups is 4. The van der Waals surface area contributed by atoms with Crippen LogP contribution in [0.5, 0.6) is 5.75 Å².